The topological polar surface area (TPSA) is 72.2 Å². The van der Waals surface area contributed by atoms with E-state index >= 15 is 0 Å². The van der Waals surface area contributed by atoms with E-state index in [1.165, 1.54) is 0 Å². The van der Waals surface area contributed by atoms with Crippen LogP contribution < -0.4 is 0 Å². The van der Waals surface area contributed by atoms with Crippen LogP contribution in [0.5, 0.6) is 0 Å². The van der Waals surface area contributed by atoms with Gasteiger partial charge in [-0.2, -0.15) is 8.42 Å². The van der Waals surface area contributed by atoms with Gasteiger partial charge in [0.15, 0.2) is 0 Å². The van der Waals surface area contributed by atoms with Crippen LogP contribution in [-0.4, -0.2) is 28.3 Å². The summed E-state index contributed by atoms with van der Waals surface area (Å²) in [6, 6.07) is 0. The average Bonchev–Trinajstić information content (AvgIpc) is 2.44. The molecule has 0 radical (unpaired) electrons. The Morgan fingerprint density at radius 2 is 2.21 bits per heavy atom. The van der Waals surface area contributed by atoms with E-state index in [1.807, 2.05) is 17.8 Å². The number of hydrogen-bond donors (Lipinski definition) is 1. The molecule has 0 saturated heterocycles. The van der Waals surface area contributed by atoms with Crippen LogP contribution in [0.4, 0.5) is 0 Å². The molecule has 1 rings (SSSR count). The van der Waals surface area contributed by atoms with Crippen molar-refractivity contribution in [3.63, 3.8) is 0 Å². The molecule has 0 fully saturated rings. The summed E-state index contributed by atoms with van der Waals surface area (Å²) in [5, 5.41) is 0. The SMILES string of the molecule is Cn1ccnc1CCCCS(=O)(=O)O. The Hall–Kier alpha value is -0.880. The molecule has 1 aromatic rings. The fraction of sp³-hybridized carbons (Fsp3) is 0.625. The molecule has 0 saturated carbocycles. The van der Waals surface area contributed by atoms with Crippen molar-refractivity contribution in [3.05, 3.63) is 18.2 Å². The van der Waals surface area contributed by atoms with Crippen LogP contribution in [0, 0.1) is 0 Å². The maximum Gasteiger partial charge on any atom is 0.264 e. The van der Waals surface area contributed by atoms with Gasteiger partial charge in [-0.05, 0) is 12.8 Å². The molecule has 0 aliphatic rings. The summed E-state index contributed by atoms with van der Waals surface area (Å²) in [6.07, 6.45) is 5.46. The Morgan fingerprint density at radius 1 is 1.50 bits per heavy atom. The molecule has 6 heteroatoms. The molecule has 0 atom stereocenters. The Labute approximate surface area is 83.5 Å². The first-order chi connectivity index (χ1) is 6.49. The number of aryl methyl sites for hydroxylation is 2. The van der Waals surface area contributed by atoms with Gasteiger partial charge in [-0.15, -0.1) is 0 Å². The van der Waals surface area contributed by atoms with Gasteiger partial charge in [-0.1, -0.05) is 0 Å². The number of nitrogens with zero attached hydrogens (tertiary/aromatic N) is 2. The van der Waals surface area contributed by atoms with E-state index in [1.54, 1.807) is 6.20 Å². The fourth-order valence-corrected chi connectivity index (χ4v) is 1.77. The predicted octanol–water partition coefficient (Wildman–Crippen LogP) is 0.631. The summed E-state index contributed by atoms with van der Waals surface area (Å²) in [5.74, 6) is 0.762. The lowest BCUT2D eigenvalue weighted by Crippen LogP contribution is -2.05. The number of rotatable bonds is 5. The molecule has 5 nitrogen and oxygen atoms in total. The highest BCUT2D eigenvalue weighted by molar-refractivity contribution is 7.85. The van der Waals surface area contributed by atoms with E-state index in [0.29, 0.717) is 12.8 Å². The van der Waals surface area contributed by atoms with E-state index in [-0.39, 0.29) is 5.75 Å². The Bertz CT molecular complexity index is 383. The zero-order chi connectivity index (χ0) is 10.6. The lowest BCUT2D eigenvalue weighted by Gasteiger charge is -2.00. The second-order valence-electron chi connectivity index (χ2n) is 3.20. The molecule has 0 aliphatic heterocycles. The molecule has 0 unspecified atom stereocenters. The van der Waals surface area contributed by atoms with Gasteiger partial charge in [0.2, 0.25) is 0 Å². The third kappa shape index (κ3) is 3.89. The standard InChI is InChI=1S/C8H14N2O3S/c1-10-6-5-9-8(10)4-2-3-7-14(11,12)13/h5-6H,2-4,7H2,1H3,(H,11,12,13). The van der Waals surface area contributed by atoms with Crippen molar-refractivity contribution in [1.82, 2.24) is 9.55 Å². The summed E-state index contributed by atoms with van der Waals surface area (Å²) in [7, 11) is -1.91. The van der Waals surface area contributed by atoms with Gasteiger partial charge in [0.1, 0.15) is 5.82 Å². The summed E-state index contributed by atoms with van der Waals surface area (Å²) < 4.78 is 31.2. The first-order valence-electron chi connectivity index (χ1n) is 4.40. The Balaban J connectivity index is 2.26. The molecule has 0 bridgehead atoms. The van der Waals surface area contributed by atoms with Crippen LogP contribution in [0.2, 0.25) is 0 Å². The molecule has 0 spiro atoms. The fourth-order valence-electron chi connectivity index (χ4n) is 1.20. The van der Waals surface area contributed by atoms with E-state index < -0.39 is 10.1 Å². The molecule has 1 aromatic heterocycles. The summed E-state index contributed by atoms with van der Waals surface area (Å²) in [5.41, 5.74) is 0. The normalized spacial score (nSPS) is 11.9. The zero-order valence-corrected chi connectivity index (χ0v) is 8.87. The summed E-state index contributed by atoms with van der Waals surface area (Å²) in [6.45, 7) is 0. The van der Waals surface area contributed by atoms with Crippen LogP contribution in [0.15, 0.2) is 12.4 Å². The smallest absolute Gasteiger partial charge is 0.264 e. The van der Waals surface area contributed by atoms with Crippen LogP contribution in [0.3, 0.4) is 0 Å². The van der Waals surface area contributed by atoms with Gasteiger partial charge in [-0.3, -0.25) is 4.55 Å². The van der Waals surface area contributed by atoms with Crippen molar-refractivity contribution in [3.8, 4) is 0 Å². The van der Waals surface area contributed by atoms with Crippen molar-refractivity contribution in [1.29, 1.82) is 0 Å². The lowest BCUT2D eigenvalue weighted by atomic mass is 10.2. The van der Waals surface area contributed by atoms with Gasteiger partial charge in [-0.25, -0.2) is 4.98 Å². The highest BCUT2D eigenvalue weighted by Crippen LogP contribution is 2.02. The number of aromatic nitrogens is 2. The molecular weight excluding hydrogens is 204 g/mol. The maximum absolute atomic E-state index is 10.4. The van der Waals surface area contributed by atoms with Crippen LogP contribution in [0.25, 0.3) is 0 Å². The monoisotopic (exact) mass is 218 g/mol. The molecule has 1 heterocycles. The van der Waals surface area contributed by atoms with Crippen molar-refractivity contribution in [2.75, 3.05) is 5.75 Å². The number of hydrogen-bond acceptors (Lipinski definition) is 3. The van der Waals surface area contributed by atoms with Crippen molar-refractivity contribution in [2.45, 2.75) is 19.3 Å². The molecule has 0 amide bonds. The van der Waals surface area contributed by atoms with Gasteiger partial charge < -0.3 is 4.57 Å². The predicted molar refractivity (Wildman–Crippen MR) is 52.6 cm³/mol. The Kier molecular flexibility index (Phi) is 3.65. The lowest BCUT2D eigenvalue weighted by molar-refractivity contribution is 0.480. The van der Waals surface area contributed by atoms with E-state index in [9.17, 15) is 8.42 Å². The minimum Gasteiger partial charge on any atom is -0.338 e. The number of unbranched alkanes of at least 4 members (excludes halogenated alkanes) is 1. The van der Waals surface area contributed by atoms with Gasteiger partial charge >= 0.3 is 0 Å². The van der Waals surface area contributed by atoms with Crippen LogP contribution >= 0.6 is 0 Å². The highest BCUT2D eigenvalue weighted by Gasteiger charge is 2.04. The van der Waals surface area contributed by atoms with Crippen molar-refractivity contribution in [2.24, 2.45) is 7.05 Å². The van der Waals surface area contributed by atoms with Crippen LogP contribution in [-0.2, 0) is 23.6 Å². The first-order valence-corrected chi connectivity index (χ1v) is 6.01. The molecular formula is C8H14N2O3S. The second kappa shape index (κ2) is 4.56. The second-order valence-corrected chi connectivity index (χ2v) is 4.77. The highest BCUT2D eigenvalue weighted by atomic mass is 32.2. The van der Waals surface area contributed by atoms with E-state index in [2.05, 4.69) is 4.98 Å². The zero-order valence-electron chi connectivity index (χ0n) is 8.05. The number of imidazole rings is 1. The van der Waals surface area contributed by atoms with Gasteiger partial charge in [0.25, 0.3) is 10.1 Å². The van der Waals surface area contributed by atoms with Gasteiger partial charge in [0.05, 0.1) is 5.75 Å². The average molecular weight is 218 g/mol. The van der Waals surface area contributed by atoms with Crippen molar-refractivity contribution < 1.29 is 13.0 Å². The minimum atomic E-state index is -3.80. The molecule has 14 heavy (non-hydrogen) atoms. The molecule has 0 aromatic carbocycles. The minimum absolute atomic E-state index is 0.169. The van der Waals surface area contributed by atoms with E-state index in [0.717, 1.165) is 12.2 Å². The van der Waals surface area contributed by atoms with Gasteiger partial charge in [0, 0.05) is 25.9 Å². The molecule has 0 aliphatic carbocycles. The third-order valence-electron chi connectivity index (χ3n) is 1.97. The summed E-state index contributed by atoms with van der Waals surface area (Å²) >= 11 is 0. The van der Waals surface area contributed by atoms with E-state index in [4.69, 9.17) is 4.55 Å². The quantitative estimate of drug-likeness (QED) is 0.581. The summed E-state index contributed by atoms with van der Waals surface area (Å²) in [4.78, 5) is 4.10. The molecule has 1 N–H and O–H groups in total. The largest absolute Gasteiger partial charge is 0.338 e. The Morgan fingerprint density at radius 3 is 2.71 bits per heavy atom. The van der Waals surface area contributed by atoms with Crippen LogP contribution in [0.1, 0.15) is 18.7 Å². The maximum atomic E-state index is 10.4. The van der Waals surface area contributed by atoms with Crippen molar-refractivity contribution >= 4 is 10.1 Å². The molecule has 80 valence electrons. The third-order valence-corrected chi connectivity index (χ3v) is 2.78. The first kappa shape index (κ1) is 11.2.